The molecule has 1 N–H and O–H groups in total. The monoisotopic (exact) mass is 223 g/mol. The zero-order chi connectivity index (χ0) is 10.8. The van der Waals surface area contributed by atoms with Crippen molar-refractivity contribution in [3.05, 3.63) is 22.4 Å². The van der Waals surface area contributed by atoms with Gasteiger partial charge in [-0.25, -0.2) is 0 Å². The van der Waals surface area contributed by atoms with Crippen LogP contribution in [-0.2, 0) is 0 Å². The number of hydrogen-bond donors (Lipinski definition) is 1. The fourth-order valence-corrected chi connectivity index (χ4v) is 3.07. The molecule has 0 spiro atoms. The summed E-state index contributed by atoms with van der Waals surface area (Å²) in [6.45, 7) is 8.14. The third-order valence-corrected chi connectivity index (χ3v) is 4.35. The second-order valence-corrected chi connectivity index (χ2v) is 6.10. The van der Waals surface area contributed by atoms with Gasteiger partial charge in [-0.15, -0.1) is 11.3 Å². The Morgan fingerprint density at radius 2 is 2.27 bits per heavy atom. The molecule has 1 nitrogen and oxygen atoms in total. The highest BCUT2D eigenvalue weighted by Crippen LogP contribution is 2.37. The number of nitrogens with one attached hydrogen (secondary N) is 1. The predicted octanol–water partition coefficient (Wildman–Crippen LogP) is 3.69. The number of thiophene rings is 1. The van der Waals surface area contributed by atoms with Crippen LogP contribution in [0.1, 0.15) is 38.1 Å². The summed E-state index contributed by atoms with van der Waals surface area (Å²) in [7, 11) is 0. The first-order valence-electron chi connectivity index (χ1n) is 5.95. The maximum absolute atomic E-state index is 3.72. The summed E-state index contributed by atoms with van der Waals surface area (Å²) < 4.78 is 0. The lowest BCUT2D eigenvalue weighted by Gasteiger charge is -2.21. The van der Waals surface area contributed by atoms with Gasteiger partial charge in [-0.3, -0.25) is 0 Å². The standard InChI is InChI=1S/C13H21NS/c1-9(2)13(12-5-4-6-15-12)14-8-11-7-10(11)3/h4-6,9-11,13-14H,7-8H2,1-3H3. The molecule has 1 heterocycles. The SMILES string of the molecule is CC(C)C(NCC1CC1C)c1cccs1. The van der Waals surface area contributed by atoms with E-state index in [9.17, 15) is 0 Å². The van der Waals surface area contributed by atoms with Crippen molar-refractivity contribution >= 4 is 11.3 Å². The second kappa shape index (κ2) is 4.67. The fourth-order valence-electron chi connectivity index (χ4n) is 2.09. The minimum absolute atomic E-state index is 0.554. The lowest BCUT2D eigenvalue weighted by molar-refractivity contribution is 0.406. The Balaban J connectivity index is 1.89. The Morgan fingerprint density at radius 3 is 2.73 bits per heavy atom. The molecule has 1 aliphatic rings. The molecule has 0 aliphatic heterocycles. The Morgan fingerprint density at radius 1 is 1.53 bits per heavy atom. The number of rotatable bonds is 5. The lowest BCUT2D eigenvalue weighted by Crippen LogP contribution is -2.27. The Labute approximate surface area is 96.9 Å². The number of hydrogen-bond acceptors (Lipinski definition) is 2. The van der Waals surface area contributed by atoms with E-state index in [1.165, 1.54) is 17.8 Å². The third kappa shape index (κ3) is 2.82. The van der Waals surface area contributed by atoms with E-state index in [0.717, 1.165) is 11.8 Å². The van der Waals surface area contributed by atoms with Gasteiger partial charge in [0.25, 0.3) is 0 Å². The van der Waals surface area contributed by atoms with Crippen molar-refractivity contribution in [1.82, 2.24) is 5.32 Å². The van der Waals surface area contributed by atoms with Crippen molar-refractivity contribution in [2.45, 2.75) is 33.2 Å². The molecular weight excluding hydrogens is 202 g/mol. The van der Waals surface area contributed by atoms with Gasteiger partial charge in [0.15, 0.2) is 0 Å². The molecular formula is C13H21NS. The van der Waals surface area contributed by atoms with Gasteiger partial charge in [0.2, 0.25) is 0 Å². The summed E-state index contributed by atoms with van der Waals surface area (Å²) in [6.07, 6.45) is 1.42. The van der Waals surface area contributed by atoms with E-state index in [1.54, 1.807) is 0 Å². The van der Waals surface area contributed by atoms with Crippen molar-refractivity contribution < 1.29 is 0 Å². The van der Waals surface area contributed by atoms with Crippen LogP contribution in [0.2, 0.25) is 0 Å². The van der Waals surface area contributed by atoms with Gasteiger partial charge in [0.05, 0.1) is 0 Å². The Kier molecular flexibility index (Phi) is 3.47. The fraction of sp³-hybridized carbons (Fsp3) is 0.692. The molecule has 1 aromatic heterocycles. The van der Waals surface area contributed by atoms with Crippen LogP contribution in [0, 0.1) is 17.8 Å². The smallest absolute Gasteiger partial charge is 0.0438 e. The summed E-state index contributed by atoms with van der Waals surface area (Å²) >= 11 is 1.87. The first kappa shape index (κ1) is 11.2. The molecule has 0 bridgehead atoms. The van der Waals surface area contributed by atoms with Crippen LogP contribution in [0.5, 0.6) is 0 Å². The average molecular weight is 223 g/mol. The maximum Gasteiger partial charge on any atom is 0.0438 e. The lowest BCUT2D eigenvalue weighted by atomic mass is 10.0. The van der Waals surface area contributed by atoms with E-state index < -0.39 is 0 Å². The van der Waals surface area contributed by atoms with Crippen LogP contribution >= 0.6 is 11.3 Å². The molecule has 0 aromatic carbocycles. The summed E-state index contributed by atoms with van der Waals surface area (Å²) in [5.41, 5.74) is 0. The average Bonchev–Trinajstić information content (AvgIpc) is 2.67. The third-order valence-electron chi connectivity index (χ3n) is 3.39. The summed E-state index contributed by atoms with van der Waals surface area (Å²) in [5.74, 6) is 2.57. The Hall–Kier alpha value is -0.340. The van der Waals surface area contributed by atoms with Gasteiger partial charge in [-0.05, 0) is 42.2 Å². The van der Waals surface area contributed by atoms with Gasteiger partial charge in [-0.1, -0.05) is 26.8 Å². The van der Waals surface area contributed by atoms with Gasteiger partial charge >= 0.3 is 0 Å². The van der Waals surface area contributed by atoms with Crippen molar-refractivity contribution in [1.29, 1.82) is 0 Å². The second-order valence-electron chi connectivity index (χ2n) is 5.12. The Bertz CT molecular complexity index is 291. The van der Waals surface area contributed by atoms with Gasteiger partial charge in [0, 0.05) is 10.9 Å². The van der Waals surface area contributed by atoms with Gasteiger partial charge in [0.1, 0.15) is 0 Å². The van der Waals surface area contributed by atoms with Crippen LogP contribution in [0.4, 0.5) is 0 Å². The largest absolute Gasteiger partial charge is 0.309 e. The van der Waals surface area contributed by atoms with Crippen molar-refractivity contribution in [3.8, 4) is 0 Å². The highest BCUT2D eigenvalue weighted by molar-refractivity contribution is 7.10. The summed E-state index contributed by atoms with van der Waals surface area (Å²) in [5, 5.41) is 5.90. The highest BCUT2D eigenvalue weighted by atomic mass is 32.1. The molecule has 3 atom stereocenters. The van der Waals surface area contributed by atoms with Crippen LogP contribution in [0.3, 0.4) is 0 Å². The van der Waals surface area contributed by atoms with E-state index in [1.807, 2.05) is 11.3 Å². The van der Waals surface area contributed by atoms with E-state index in [-0.39, 0.29) is 0 Å². The van der Waals surface area contributed by atoms with Crippen LogP contribution in [-0.4, -0.2) is 6.54 Å². The van der Waals surface area contributed by atoms with Crippen LogP contribution in [0.25, 0.3) is 0 Å². The normalized spacial score (nSPS) is 26.9. The molecule has 1 saturated carbocycles. The molecule has 0 amide bonds. The summed E-state index contributed by atoms with van der Waals surface area (Å²) in [4.78, 5) is 1.48. The van der Waals surface area contributed by atoms with Crippen LogP contribution in [0.15, 0.2) is 17.5 Å². The van der Waals surface area contributed by atoms with Gasteiger partial charge < -0.3 is 5.32 Å². The molecule has 84 valence electrons. The summed E-state index contributed by atoms with van der Waals surface area (Å²) in [6, 6.07) is 4.95. The molecule has 0 radical (unpaired) electrons. The minimum atomic E-state index is 0.554. The molecule has 2 heteroatoms. The molecule has 3 unspecified atom stereocenters. The molecule has 1 fully saturated rings. The van der Waals surface area contributed by atoms with E-state index in [0.29, 0.717) is 12.0 Å². The van der Waals surface area contributed by atoms with Crippen molar-refractivity contribution in [3.63, 3.8) is 0 Å². The molecule has 0 saturated heterocycles. The molecule has 15 heavy (non-hydrogen) atoms. The molecule has 1 aliphatic carbocycles. The zero-order valence-corrected chi connectivity index (χ0v) is 10.7. The minimum Gasteiger partial charge on any atom is -0.309 e. The highest BCUT2D eigenvalue weighted by Gasteiger charge is 2.32. The van der Waals surface area contributed by atoms with E-state index in [4.69, 9.17) is 0 Å². The quantitative estimate of drug-likeness (QED) is 0.802. The predicted molar refractivity (Wildman–Crippen MR) is 67.2 cm³/mol. The molecule has 1 aromatic rings. The van der Waals surface area contributed by atoms with Crippen molar-refractivity contribution in [2.24, 2.45) is 17.8 Å². The van der Waals surface area contributed by atoms with Crippen molar-refractivity contribution in [2.75, 3.05) is 6.54 Å². The first-order chi connectivity index (χ1) is 7.18. The zero-order valence-electron chi connectivity index (χ0n) is 9.86. The van der Waals surface area contributed by atoms with Crippen LogP contribution < -0.4 is 5.32 Å². The van der Waals surface area contributed by atoms with E-state index in [2.05, 4.69) is 43.6 Å². The maximum atomic E-state index is 3.72. The topological polar surface area (TPSA) is 12.0 Å². The van der Waals surface area contributed by atoms with Gasteiger partial charge in [-0.2, -0.15) is 0 Å². The van der Waals surface area contributed by atoms with E-state index >= 15 is 0 Å². The molecule has 2 rings (SSSR count). The first-order valence-corrected chi connectivity index (χ1v) is 6.83.